The first kappa shape index (κ1) is 18.6. The van der Waals surface area contributed by atoms with Crippen molar-refractivity contribution in [2.24, 2.45) is 5.41 Å². The molecule has 0 saturated heterocycles. The van der Waals surface area contributed by atoms with Gasteiger partial charge in [0.25, 0.3) is 0 Å². The summed E-state index contributed by atoms with van der Waals surface area (Å²) in [5, 5.41) is 3.46. The van der Waals surface area contributed by atoms with Crippen LogP contribution in [0.3, 0.4) is 0 Å². The van der Waals surface area contributed by atoms with Crippen LogP contribution < -0.4 is 5.32 Å². The van der Waals surface area contributed by atoms with Crippen molar-refractivity contribution >= 4 is 15.9 Å². The Morgan fingerprint density at radius 3 is 2.48 bits per heavy atom. The molecule has 0 heterocycles. The van der Waals surface area contributed by atoms with E-state index in [0.29, 0.717) is 18.6 Å². The molecule has 1 aromatic carbocycles. The van der Waals surface area contributed by atoms with Gasteiger partial charge in [0, 0.05) is 17.1 Å². The molecule has 0 spiro atoms. The van der Waals surface area contributed by atoms with E-state index in [-0.39, 0.29) is 23.4 Å². The number of hydrogen-bond donors (Lipinski definition) is 1. The van der Waals surface area contributed by atoms with Gasteiger partial charge in [0.1, 0.15) is 5.82 Å². The van der Waals surface area contributed by atoms with Crippen molar-refractivity contribution in [3.8, 4) is 0 Å². The van der Waals surface area contributed by atoms with E-state index in [1.165, 1.54) is 6.07 Å². The highest BCUT2D eigenvalue weighted by atomic mass is 79.9. The Morgan fingerprint density at radius 1 is 1.29 bits per heavy atom. The summed E-state index contributed by atoms with van der Waals surface area (Å²) in [5.74, 6) is -0.162. The van der Waals surface area contributed by atoms with Crippen molar-refractivity contribution in [3.63, 3.8) is 0 Å². The molecule has 1 N–H and O–H groups in total. The van der Waals surface area contributed by atoms with Crippen LogP contribution in [0, 0.1) is 11.2 Å². The third-order valence-electron chi connectivity index (χ3n) is 3.48. The van der Waals surface area contributed by atoms with Crippen LogP contribution in [-0.2, 0) is 11.2 Å². The van der Waals surface area contributed by atoms with Gasteiger partial charge >= 0.3 is 0 Å². The first-order valence-electron chi connectivity index (χ1n) is 7.58. The topological polar surface area (TPSA) is 21.3 Å². The number of nitrogens with one attached hydrogen (secondary N) is 1. The Balaban J connectivity index is 3.01. The van der Waals surface area contributed by atoms with E-state index in [2.05, 4.69) is 48.9 Å². The van der Waals surface area contributed by atoms with Crippen molar-refractivity contribution < 1.29 is 9.13 Å². The van der Waals surface area contributed by atoms with E-state index in [1.807, 2.05) is 13.0 Å². The highest BCUT2D eigenvalue weighted by molar-refractivity contribution is 9.10. The van der Waals surface area contributed by atoms with Crippen molar-refractivity contribution in [1.82, 2.24) is 5.32 Å². The Hall–Kier alpha value is -0.450. The fraction of sp³-hybridized carbons (Fsp3) is 0.647. The van der Waals surface area contributed by atoms with Crippen LogP contribution in [0.2, 0.25) is 0 Å². The monoisotopic (exact) mass is 359 g/mol. The largest absolute Gasteiger partial charge is 0.376 e. The molecule has 21 heavy (non-hydrogen) atoms. The third kappa shape index (κ3) is 5.68. The quantitative estimate of drug-likeness (QED) is 0.770. The first-order chi connectivity index (χ1) is 9.79. The average molecular weight is 360 g/mol. The second-order valence-corrected chi connectivity index (χ2v) is 7.26. The number of rotatable bonds is 7. The van der Waals surface area contributed by atoms with E-state index >= 15 is 0 Å². The standard InChI is InChI=1S/C17H27BrFNO/c1-6-20-15(16(21-7-2)17(3,4)5)11-12-10-13(18)8-9-14(12)19/h8-10,15-16,20H,6-7,11H2,1-5H3. The zero-order valence-electron chi connectivity index (χ0n) is 13.7. The molecular weight excluding hydrogens is 333 g/mol. The van der Waals surface area contributed by atoms with Gasteiger partial charge in [-0.3, -0.25) is 0 Å². The molecule has 0 aliphatic rings. The van der Waals surface area contributed by atoms with Crippen LogP contribution in [0.4, 0.5) is 4.39 Å². The summed E-state index contributed by atoms with van der Waals surface area (Å²) in [7, 11) is 0. The van der Waals surface area contributed by atoms with Crippen LogP contribution in [-0.4, -0.2) is 25.3 Å². The lowest BCUT2D eigenvalue weighted by Gasteiger charge is -2.37. The number of halogens is 2. The smallest absolute Gasteiger partial charge is 0.126 e. The van der Waals surface area contributed by atoms with Gasteiger partial charge in [0.15, 0.2) is 0 Å². The average Bonchev–Trinajstić information content (AvgIpc) is 2.38. The van der Waals surface area contributed by atoms with Gasteiger partial charge in [-0.2, -0.15) is 0 Å². The summed E-state index contributed by atoms with van der Waals surface area (Å²) in [5.41, 5.74) is 0.704. The summed E-state index contributed by atoms with van der Waals surface area (Å²) in [6.45, 7) is 12.0. The molecule has 0 bridgehead atoms. The molecule has 2 unspecified atom stereocenters. The number of benzene rings is 1. The first-order valence-corrected chi connectivity index (χ1v) is 8.37. The Bertz CT molecular complexity index is 445. The lowest BCUT2D eigenvalue weighted by molar-refractivity contribution is -0.0353. The molecule has 0 fully saturated rings. The van der Waals surface area contributed by atoms with Gasteiger partial charge in [-0.1, -0.05) is 43.6 Å². The van der Waals surface area contributed by atoms with E-state index in [1.54, 1.807) is 6.07 Å². The van der Waals surface area contributed by atoms with Gasteiger partial charge in [0.2, 0.25) is 0 Å². The number of hydrogen-bond acceptors (Lipinski definition) is 2. The maximum absolute atomic E-state index is 14.0. The van der Waals surface area contributed by atoms with Crippen LogP contribution in [0.5, 0.6) is 0 Å². The van der Waals surface area contributed by atoms with Gasteiger partial charge in [-0.05, 0) is 49.1 Å². The van der Waals surface area contributed by atoms with Crippen LogP contribution in [0.1, 0.15) is 40.2 Å². The van der Waals surface area contributed by atoms with Crippen molar-refractivity contribution in [1.29, 1.82) is 0 Å². The predicted octanol–water partition coefficient (Wildman–Crippen LogP) is 4.56. The van der Waals surface area contributed by atoms with E-state index in [0.717, 1.165) is 11.0 Å². The van der Waals surface area contributed by atoms with E-state index in [9.17, 15) is 4.39 Å². The van der Waals surface area contributed by atoms with E-state index in [4.69, 9.17) is 4.74 Å². The van der Waals surface area contributed by atoms with Crippen molar-refractivity contribution in [3.05, 3.63) is 34.1 Å². The fourth-order valence-corrected chi connectivity index (χ4v) is 3.04. The fourth-order valence-electron chi connectivity index (χ4n) is 2.63. The predicted molar refractivity (Wildman–Crippen MR) is 90.1 cm³/mol. The number of ether oxygens (including phenoxy) is 1. The zero-order chi connectivity index (χ0) is 16.0. The molecule has 0 saturated carbocycles. The molecule has 2 atom stereocenters. The Labute approximate surface area is 136 Å². The van der Waals surface area contributed by atoms with Gasteiger partial charge < -0.3 is 10.1 Å². The normalized spacial score (nSPS) is 15.0. The summed E-state index contributed by atoms with van der Waals surface area (Å²) < 4.78 is 20.9. The second-order valence-electron chi connectivity index (χ2n) is 6.35. The van der Waals surface area contributed by atoms with Gasteiger partial charge in [0.05, 0.1) is 6.10 Å². The third-order valence-corrected chi connectivity index (χ3v) is 3.97. The molecular formula is C17H27BrFNO. The molecule has 120 valence electrons. The second kappa shape index (κ2) is 8.25. The molecule has 0 amide bonds. The summed E-state index contributed by atoms with van der Waals surface area (Å²) >= 11 is 3.41. The molecule has 0 aromatic heterocycles. The van der Waals surface area contributed by atoms with Gasteiger partial charge in [-0.25, -0.2) is 4.39 Å². The molecule has 0 aliphatic heterocycles. The SMILES string of the molecule is CCNC(Cc1cc(Br)ccc1F)C(OCC)C(C)(C)C. The maximum Gasteiger partial charge on any atom is 0.126 e. The lowest BCUT2D eigenvalue weighted by Crippen LogP contribution is -2.49. The lowest BCUT2D eigenvalue weighted by atomic mass is 9.82. The summed E-state index contributed by atoms with van der Waals surface area (Å²) in [6, 6.07) is 5.17. The maximum atomic E-state index is 14.0. The highest BCUT2D eigenvalue weighted by Gasteiger charge is 2.33. The van der Waals surface area contributed by atoms with Gasteiger partial charge in [-0.15, -0.1) is 0 Å². The molecule has 4 heteroatoms. The minimum atomic E-state index is -0.162. The van der Waals surface area contributed by atoms with Crippen molar-refractivity contribution in [2.45, 2.75) is 53.2 Å². The molecule has 1 rings (SSSR count). The molecule has 0 aliphatic carbocycles. The Kier molecular flexibility index (Phi) is 7.31. The molecule has 0 radical (unpaired) electrons. The van der Waals surface area contributed by atoms with Crippen LogP contribution >= 0.6 is 15.9 Å². The minimum Gasteiger partial charge on any atom is -0.376 e. The highest BCUT2D eigenvalue weighted by Crippen LogP contribution is 2.28. The summed E-state index contributed by atoms with van der Waals surface area (Å²) in [6.07, 6.45) is 0.641. The Morgan fingerprint density at radius 2 is 1.95 bits per heavy atom. The van der Waals surface area contributed by atoms with E-state index < -0.39 is 0 Å². The molecule has 1 aromatic rings. The minimum absolute atomic E-state index is 0.00860. The summed E-state index contributed by atoms with van der Waals surface area (Å²) in [4.78, 5) is 0. The van der Waals surface area contributed by atoms with Crippen LogP contribution in [0.15, 0.2) is 22.7 Å². The molecule has 2 nitrogen and oxygen atoms in total. The zero-order valence-corrected chi connectivity index (χ0v) is 15.3. The number of likely N-dealkylation sites (N-methyl/N-ethyl adjacent to an activating group) is 1. The van der Waals surface area contributed by atoms with Crippen LogP contribution in [0.25, 0.3) is 0 Å². The van der Waals surface area contributed by atoms with Crippen molar-refractivity contribution in [2.75, 3.05) is 13.2 Å².